The molecule has 4 rings (SSSR count). The lowest BCUT2D eigenvalue weighted by molar-refractivity contribution is -0.137. The summed E-state index contributed by atoms with van der Waals surface area (Å²) >= 11 is 0. The van der Waals surface area contributed by atoms with Gasteiger partial charge in [-0.2, -0.15) is 13.2 Å². The van der Waals surface area contributed by atoms with Gasteiger partial charge >= 0.3 is 6.18 Å². The van der Waals surface area contributed by atoms with Gasteiger partial charge in [0, 0.05) is 37.5 Å². The lowest BCUT2D eigenvalue weighted by atomic mass is 10.0. The fraction of sp³-hybridized carbons (Fsp3) is 0.280. The molecule has 166 valence electrons. The van der Waals surface area contributed by atoms with Crippen LogP contribution in [0.5, 0.6) is 0 Å². The molecule has 1 aliphatic heterocycles. The van der Waals surface area contributed by atoms with Crippen LogP contribution in [-0.4, -0.2) is 36.4 Å². The van der Waals surface area contributed by atoms with Crippen LogP contribution in [0.15, 0.2) is 66.7 Å². The zero-order valence-corrected chi connectivity index (χ0v) is 17.9. The van der Waals surface area contributed by atoms with Crippen molar-refractivity contribution < 1.29 is 18.0 Å². The Hall–Kier alpha value is -3.35. The smallest absolute Gasteiger partial charge is 0.378 e. The molecule has 2 heterocycles. The van der Waals surface area contributed by atoms with Crippen molar-refractivity contribution in [1.82, 2.24) is 9.88 Å². The summed E-state index contributed by atoms with van der Waals surface area (Å²) < 4.78 is 39.4. The van der Waals surface area contributed by atoms with Gasteiger partial charge in [0.1, 0.15) is 0 Å². The third kappa shape index (κ3) is 4.47. The van der Waals surface area contributed by atoms with Crippen molar-refractivity contribution in [2.45, 2.75) is 25.1 Å². The number of benzene rings is 2. The van der Waals surface area contributed by atoms with Crippen LogP contribution in [0.3, 0.4) is 0 Å². The molecule has 2 aromatic carbocycles. The second-order valence-electron chi connectivity index (χ2n) is 8.13. The highest BCUT2D eigenvalue weighted by Gasteiger charge is 2.32. The van der Waals surface area contributed by atoms with Gasteiger partial charge < -0.3 is 9.80 Å². The highest BCUT2D eigenvalue weighted by molar-refractivity contribution is 5.95. The zero-order chi connectivity index (χ0) is 22.9. The van der Waals surface area contributed by atoms with Gasteiger partial charge in [-0.25, -0.2) is 0 Å². The van der Waals surface area contributed by atoms with Crippen LogP contribution in [0, 0.1) is 0 Å². The molecular weight excluding hydrogens is 415 g/mol. The molecule has 0 aliphatic carbocycles. The lowest BCUT2D eigenvalue weighted by Gasteiger charge is -2.25. The number of likely N-dealkylation sites (tertiary alicyclic amines) is 1. The second kappa shape index (κ2) is 8.65. The number of hydrogen-bond acceptors (Lipinski definition) is 3. The summed E-state index contributed by atoms with van der Waals surface area (Å²) in [5, 5.41) is 0. The molecular formula is C25H24F3N3O. The minimum absolute atomic E-state index is 0.0672. The SMILES string of the molecule is CN(C)c1cccc(C(=O)N2CCCC2c2cccc(-c3cccc(C(F)(F)F)c3)n2)c1. The molecule has 3 aromatic rings. The minimum atomic E-state index is -4.41. The van der Waals surface area contributed by atoms with Crippen LogP contribution in [0.25, 0.3) is 11.3 Å². The molecule has 0 bridgehead atoms. The molecule has 1 fully saturated rings. The number of nitrogens with zero attached hydrogens (tertiary/aromatic N) is 3. The van der Waals surface area contributed by atoms with E-state index in [0.29, 0.717) is 29.1 Å². The summed E-state index contributed by atoms with van der Waals surface area (Å²) in [6.45, 7) is 0.616. The summed E-state index contributed by atoms with van der Waals surface area (Å²) in [5.74, 6) is -0.0672. The van der Waals surface area contributed by atoms with E-state index in [-0.39, 0.29) is 11.9 Å². The maximum absolute atomic E-state index is 13.3. The number of carbonyl (C=O) groups is 1. The second-order valence-corrected chi connectivity index (χ2v) is 8.13. The summed E-state index contributed by atoms with van der Waals surface area (Å²) in [6.07, 6.45) is -2.80. The molecule has 1 amide bonds. The largest absolute Gasteiger partial charge is 0.416 e. The van der Waals surface area contributed by atoms with Gasteiger partial charge in [0.05, 0.1) is 23.0 Å². The Kier molecular flexibility index (Phi) is 5.91. The van der Waals surface area contributed by atoms with E-state index in [1.807, 2.05) is 48.2 Å². The molecule has 0 spiro atoms. The fourth-order valence-corrected chi connectivity index (χ4v) is 4.05. The molecule has 1 aromatic heterocycles. The zero-order valence-electron chi connectivity index (χ0n) is 17.9. The normalized spacial score (nSPS) is 16.3. The number of amides is 1. The van der Waals surface area contributed by atoms with E-state index in [9.17, 15) is 18.0 Å². The fourth-order valence-electron chi connectivity index (χ4n) is 4.05. The highest BCUT2D eigenvalue weighted by Crippen LogP contribution is 2.35. The number of aromatic nitrogens is 1. The van der Waals surface area contributed by atoms with Crippen molar-refractivity contribution in [2.24, 2.45) is 0 Å². The first kappa shape index (κ1) is 21.9. The molecule has 0 N–H and O–H groups in total. The Morgan fingerprint density at radius 1 is 1.03 bits per heavy atom. The van der Waals surface area contributed by atoms with E-state index in [1.165, 1.54) is 6.07 Å². The molecule has 0 radical (unpaired) electrons. The third-order valence-electron chi connectivity index (χ3n) is 5.72. The topological polar surface area (TPSA) is 36.4 Å². The van der Waals surface area contributed by atoms with Crippen molar-refractivity contribution in [3.8, 4) is 11.3 Å². The Bertz CT molecular complexity index is 1130. The van der Waals surface area contributed by atoms with Gasteiger partial charge in [-0.05, 0) is 55.3 Å². The van der Waals surface area contributed by atoms with Crippen LogP contribution in [0.2, 0.25) is 0 Å². The van der Waals surface area contributed by atoms with Crippen molar-refractivity contribution in [3.05, 3.63) is 83.6 Å². The van der Waals surface area contributed by atoms with Crippen molar-refractivity contribution in [3.63, 3.8) is 0 Å². The maximum atomic E-state index is 13.3. The van der Waals surface area contributed by atoms with Gasteiger partial charge in [-0.3, -0.25) is 9.78 Å². The van der Waals surface area contributed by atoms with E-state index in [1.54, 1.807) is 24.3 Å². The Labute approximate surface area is 185 Å². The minimum Gasteiger partial charge on any atom is -0.378 e. The molecule has 7 heteroatoms. The van der Waals surface area contributed by atoms with Gasteiger partial charge in [0.15, 0.2) is 0 Å². The van der Waals surface area contributed by atoms with Crippen molar-refractivity contribution in [2.75, 3.05) is 25.5 Å². The van der Waals surface area contributed by atoms with Crippen molar-refractivity contribution >= 4 is 11.6 Å². The number of anilines is 1. The first-order valence-electron chi connectivity index (χ1n) is 10.5. The Morgan fingerprint density at radius 3 is 2.53 bits per heavy atom. The van der Waals surface area contributed by atoms with Crippen LogP contribution < -0.4 is 4.90 Å². The van der Waals surface area contributed by atoms with Crippen molar-refractivity contribution in [1.29, 1.82) is 0 Å². The third-order valence-corrected chi connectivity index (χ3v) is 5.72. The Balaban J connectivity index is 1.63. The molecule has 0 saturated carbocycles. The van der Waals surface area contributed by atoms with Gasteiger partial charge in [0.25, 0.3) is 5.91 Å². The van der Waals surface area contributed by atoms with Crippen LogP contribution in [0.4, 0.5) is 18.9 Å². The molecule has 4 nitrogen and oxygen atoms in total. The summed E-state index contributed by atoms with van der Waals surface area (Å²) in [4.78, 5) is 21.7. The number of rotatable bonds is 4. The van der Waals surface area contributed by atoms with Crippen LogP contribution >= 0.6 is 0 Å². The summed E-state index contributed by atoms with van der Waals surface area (Å²) in [7, 11) is 3.84. The van der Waals surface area contributed by atoms with Gasteiger partial charge in [0.2, 0.25) is 0 Å². The molecule has 32 heavy (non-hydrogen) atoms. The number of hydrogen-bond donors (Lipinski definition) is 0. The van der Waals surface area contributed by atoms with Gasteiger partial charge in [-0.15, -0.1) is 0 Å². The number of halogens is 3. The van der Waals surface area contributed by atoms with Crippen LogP contribution in [-0.2, 0) is 6.18 Å². The quantitative estimate of drug-likeness (QED) is 0.515. The first-order valence-corrected chi connectivity index (χ1v) is 10.5. The summed E-state index contributed by atoms with van der Waals surface area (Å²) in [5.41, 5.74) is 2.39. The lowest BCUT2D eigenvalue weighted by Crippen LogP contribution is -2.31. The highest BCUT2D eigenvalue weighted by atomic mass is 19.4. The van der Waals surface area contributed by atoms with E-state index in [4.69, 9.17) is 0 Å². The van der Waals surface area contributed by atoms with Gasteiger partial charge in [-0.1, -0.05) is 24.3 Å². The molecule has 1 saturated heterocycles. The molecule has 1 atom stereocenters. The Morgan fingerprint density at radius 2 is 1.78 bits per heavy atom. The average molecular weight is 439 g/mol. The number of alkyl halides is 3. The predicted octanol–water partition coefficient (Wildman–Crippen LogP) is 5.81. The molecule has 1 aliphatic rings. The van der Waals surface area contributed by atoms with E-state index in [0.717, 1.165) is 30.7 Å². The number of pyridine rings is 1. The summed E-state index contributed by atoms with van der Waals surface area (Å²) in [6, 6.07) is 17.7. The van der Waals surface area contributed by atoms with Crippen LogP contribution in [0.1, 0.15) is 40.5 Å². The predicted molar refractivity (Wildman–Crippen MR) is 118 cm³/mol. The number of carbonyl (C=O) groups excluding carboxylic acids is 1. The standard InChI is InChI=1S/C25H24F3N3O/c1-30(2)20-10-4-8-18(16-20)24(32)31-14-6-13-23(31)22-12-5-11-21(29-22)17-7-3-9-19(15-17)25(26,27)28/h3-5,7-12,15-16,23H,6,13-14H2,1-2H3. The molecule has 1 unspecified atom stereocenters. The first-order chi connectivity index (χ1) is 15.2. The van der Waals surface area contributed by atoms with E-state index >= 15 is 0 Å². The average Bonchev–Trinajstić information content (AvgIpc) is 3.28. The van der Waals surface area contributed by atoms with E-state index in [2.05, 4.69) is 4.98 Å². The maximum Gasteiger partial charge on any atom is 0.416 e. The monoisotopic (exact) mass is 439 g/mol. The van der Waals surface area contributed by atoms with E-state index < -0.39 is 11.7 Å².